The molecule has 3 amide bonds. The summed E-state index contributed by atoms with van der Waals surface area (Å²) in [5.74, 6) is 0.286. The van der Waals surface area contributed by atoms with Crippen molar-refractivity contribution in [2.75, 3.05) is 16.8 Å². The molecule has 5 aromatic rings. The van der Waals surface area contributed by atoms with Crippen LogP contribution in [0.5, 0.6) is 0 Å². The molecule has 10 nitrogen and oxygen atoms in total. The van der Waals surface area contributed by atoms with Crippen LogP contribution in [0.2, 0.25) is 0 Å². The van der Waals surface area contributed by atoms with Crippen LogP contribution < -0.4 is 14.9 Å². The van der Waals surface area contributed by atoms with E-state index in [0.717, 1.165) is 72.0 Å². The molecule has 2 heterocycles. The highest BCUT2D eigenvalue weighted by atomic mass is 32.2. The summed E-state index contributed by atoms with van der Waals surface area (Å²) < 4.78 is 32.3. The lowest BCUT2D eigenvalue weighted by Crippen LogP contribution is -2.43. The lowest BCUT2D eigenvalue weighted by molar-refractivity contribution is 0.0571. The zero-order chi connectivity index (χ0) is 37.5. The molecule has 0 saturated carbocycles. The first kappa shape index (κ1) is 35.6. The zero-order valence-corrected chi connectivity index (χ0v) is 31.8. The SMILES string of the molecule is CC(C)(C)OC(=O)N1CCCn2ncc(S(=O)(=NC(c3ccccc3)(c3ccccc3)c3ccccc3)NC(=O)Nc3c4c(cc5c3CCC5)CCC4)c21. The fourth-order valence-corrected chi connectivity index (χ4v) is 10.1. The largest absolute Gasteiger partial charge is 0.443 e. The average molecular weight is 743 g/mol. The minimum atomic E-state index is -4.00. The summed E-state index contributed by atoms with van der Waals surface area (Å²) in [6.07, 6.45) is 7.25. The number of rotatable bonds is 7. The first-order chi connectivity index (χ1) is 26.1. The molecule has 0 saturated heterocycles. The van der Waals surface area contributed by atoms with E-state index >= 15 is 4.21 Å². The van der Waals surface area contributed by atoms with Gasteiger partial charge in [-0.25, -0.2) is 23.2 Å². The third-order valence-electron chi connectivity index (χ3n) is 10.5. The summed E-state index contributed by atoms with van der Waals surface area (Å²) in [7, 11) is -4.00. The van der Waals surface area contributed by atoms with E-state index in [-0.39, 0.29) is 10.7 Å². The van der Waals surface area contributed by atoms with Gasteiger partial charge in [-0.15, -0.1) is 0 Å². The smallest absolute Gasteiger partial charge is 0.416 e. The third kappa shape index (κ3) is 6.55. The van der Waals surface area contributed by atoms with Crippen LogP contribution in [-0.4, -0.2) is 38.3 Å². The predicted molar refractivity (Wildman–Crippen MR) is 211 cm³/mol. The van der Waals surface area contributed by atoms with E-state index in [1.807, 2.05) is 112 Å². The average Bonchev–Trinajstić information content (AvgIpc) is 3.95. The Hall–Kier alpha value is -5.42. The number of nitrogens with one attached hydrogen (secondary N) is 2. The molecule has 2 N–H and O–H groups in total. The first-order valence-corrected chi connectivity index (χ1v) is 20.3. The molecule has 1 aromatic heterocycles. The number of fused-ring (bicyclic) bond motifs is 3. The van der Waals surface area contributed by atoms with Gasteiger partial charge in [-0.3, -0.25) is 4.90 Å². The molecule has 1 aliphatic heterocycles. The number of hydrogen-bond acceptors (Lipinski definition) is 6. The number of hydrogen-bond donors (Lipinski definition) is 2. The van der Waals surface area contributed by atoms with Gasteiger partial charge in [-0.2, -0.15) is 9.46 Å². The van der Waals surface area contributed by atoms with E-state index in [0.29, 0.717) is 19.5 Å². The van der Waals surface area contributed by atoms with Crippen LogP contribution in [0.15, 0.2) is 113 Å². The summed E-state index contributed by atoms with van der Waals surface area (Å²) in [5, 5.41) is 7.83. The van der Waals surface area contributed by atoms with Gasteiger partial charge in [0.2, 0.25) is 0 Å². The molecule has 3 aliphatic rings. The van der Waals surface area contributed by atoms with Crippen molar-refractivity contribution in [3.63, 3.8) is 0 Å². The topological polar surface area (TPSA) is 118 Å². The summed E-state index contributed by atoms with van der Waals surface area (Å²) in [6.45, 7) is 6.23. The van der Waals surface area contributed by atoms with Crippen molar-refractivity contribution in [2.45, 2.75) is 88.3 Å². The molecule has 0 bridgehead atoms. The fraction of sp³-hybridized carbons (Fsp3) is 0.326. The van der Waals surface area contributed by atoms with Gasteiger partial charge in [0.25, 0.3) is 0 Å². The third-order valence-corrected chi connectivity index (χ3v) is 12.4. The Bertz CT molecular complexity index is 2200. The number of carbonyl (C=O) groups is 2. The van der Waals surface area contributed by atoms with Crippen molar-refractivity contribution in [2.24, 2.45) is 4.36 Å². The van der Waals surface area contributed by atoms with E-state index in [2.05, 4.69) is 21.2 Å². The van der Waals surface area contributed by atoms with Gasteiger partial charge in [-0.05, 0) is 105 Å². The van der Waals surface area contributed by atoms with Crippen molar-refractivity contribution in [1.29, 1.82) is 0 Å². The maximum absolute atomic E-state index is 16.4. The van der Waals surface area contributed by atoms with E-state index in [4.69, 9.17) is 9.10 Å². The van der Waals surface area contributed by atoms with Gasteiger partial charge in [0.1, 0.15) is 16.0 Å². The molecule has 1 unspecified atom stereocenters. The van der Waals surface area contributed by atoms with Gasteiger partial charge in [-0.1, -0.05) is 97.1 Å². The molecule has 0 radical (unpaired) electrons. The molecule has 54 heavy (non-hydrogen) atoms. The molecule has 1 atom stereocenters. The van der Waals surface area contributed by atoms with E-state index in [1.54, 1.807) is 4.68 Å². The highest BCUT2D eigenvalue weighted by molar-refractivity contribution is 7.92. The molecule has 8 rings (SSSR count). The molecule has 278 valence electrons. The second-order valence-corrected chi connectivity index (χ2v) is 17.1. The number of nitrogens with zero attached hydrogens (tertiary/aromatic N) is 4. The number of amides is 3. The quantitative estimate of drug-likeness (QED) is 0.162. The number of ether oxygens (including phenoxy) is 1. The lowest BCUT2D eigenvalue weighted by atomic mass is 9.78. The highest BCUT2D eigenvalue weighted by Gasteiger charge is 2.42. The summed E-state index contributed by atoms with van der Waals surface area (Å²) in [4.78, 5) is 30.0. The Morgan fingerprint density at radius 1 is 0.759 bits per heavy atom. The summed E-state index contributed by atoms with van der Waals surface area (Å²) in [6, 6.07) is 30.8. The minimum Gasteiger partial charge on any atom is -0.443 e. The van der Waals surface area contributed by atoms with Crippen LogP contribution in [0, 0.1) is 0 Å². The number of carbonyl (C=O) groups excluding carboxylic acids is 2. The Kier molecular flexibility index (Phi) is 9.29. The fourth-order valence-electron chi connectivity index (χ4n) is 8.22. The molecule has 2 aliphatic carbocycles. The van der Waals surface area contributed by atoms with E-state index < -0.39 is 33.2 Å². The summed E-state index contributed by atoms with van der Waals surface area (Å²) in [5.41, 5.74) is 5.78. The highest BCUT2D eigenvalue weighted by Crippen LogP contribution is 2.44. The molecule has 0 fully saturated rings. The van der Waals surface area contributed by atoms with Gasteiger partial charge < -0.3 is 10.1 Å². The van der Waals surface area contributed by atoms with Crippen LogP contribution in [0.3, 0.4) is 0 Å². The molecular weight excluding hydrogens is 697 g/mol. The maximum atomic E-state index is 16.4. The molecular formula is C43H46N6O4S. The molecule has 0 spiro atoms. The maximum Gasteiger partial charge on any atom is 0.416 e. The van der Waals surface area contributed by atoms with E-state index in [1.165, 1.54) is 22.2 Å². The van der Waals surface area contributed by atoms with Gasteiger partial charge in [0, 0.05) is 18.8 Å². The number of anilines is 2. The van der Waals surface area contributed by atoms with Crippen molar-refractivity contribution in [3.05, 3.63) is 142 Å². The monoisotopic (exact) mass is 742 g/mol. The number of benzene rings is 4. The van der Waals surface area contributed by atoms with Crippen LogP contribution >= 0.6 is 0 Å². The van der Waals surface area contributed by atoms with Crippen molar-refractivity contribution in [3.8, 4) is 0 Å². The van der Waals surface area contributed by atoms with Crippen LogP contribution in [0.25, 0.3) is 0 Å². The van der Waals surface area contributed by atoms with Crippen molar-refractivity contribution in [1.82, 2.24) is 14.5 Å². The summed E-state index contributed by atoms with van der Waals surface area (Å²) >= 11 is 0. The zero-order valence-electron chi connectivity index (χ0n) is 31.0. The second-order valence-electron chi connectivity index (χ2n) is 15.3. The first-order valence-electron chi connectivity index (χ1n) is 18.8. The second kappa shape index (κ2) is 14.1. The molecule has 11 heteroatoms. The Labute approximate surface area is 317 Å². The number of urea groups is 1. The molecule has 4 aromatic carbocycles. The lowest BCUT2D eigenvalue weighted by Gasteiger charge is -2.34. The van der Waals surface area contributed by atoms with Gasteiger partial charge in [0.05, 0.1) is 6.20 Å². The van der Waals surface area contributed by atoms with Crippen LogP contribution in [0.1, 0.15) is 79.0 Å². The van der Waals surface area contributed by atoms with Crippen molar-refractivity contribution >= 4 is 33.5 Å². The Morgan fingerprint density at radius 3 is 1.81 bits per heavy atom. The van der Waals surface area contributed by atoms with Gasteiger partial charge in [0.15, 0.2) is 15.7 Å². The van der Waals surface area contributed by atoms with E-state index in [9.17, 15) is 9.59 Å². The number of aryl methyl sites for hydroxylation is 3. The normalized spacial score (nSPS) is 16.1. The Morgan fingerprint density at radius 2 is 1.30 bits per heavy atom. The van der Waals surface area contributed by atoms with Gasteiger partial charge >= 0.3 is 12.1 Å². The number of aromatic nitrogens is 2. The standard InChI is InChI=1S/C43H46N6O4S/c1-42(2,3)53-41(51)48-26-15-27-49-39(48)37(29-44-49)54(52,46-40(50)45-38-35-24-13-16-30(35)28-31-17-14-25-36(31)38)47-43(32-18-7-4-8-19-32,33-20-9-5-10-21-33)34-22-11-6-12-23-34/h4-12,18-23,28-29H,13-17,24-27H2,1-3H3,(H2,45,46,47,50,52). The Balaban J connectivity index is 1.36. The van der Waals surface area contributed by atoms with Crippen molar-refractivity contribution < 1.29 is 18.5 Å². The van der Waals surface area contributed by atoms with Crippen LogP contribution in [-0.2, 0) is 52.4 Å². The predicted octanol–water partition coefficient (Wildman–Crippen LogP) is 8.56. The van der Waals surface area contributed by atoms with Crippen LogP contribution in [0.4, 0.5) is 21.1 Å². The minimum absolute atomic E-state index is 0.124.